The van der Waals surface area contributed by atoms with Gasteiger partial charge in [0, 0.05) is 8.41 Å². The summed E-state index contributed by atoms with van der Waals surface area (Å²) >= 11 is 0. The molecular formula is C4H21B2Li2N4. The van der Waals surface area contributed by atoms with E-state index in [0.717, 1.165) is 0 Å². The van der Waals surface area contributed by atoms with E-state index in [0.29, 0.717) is 0 Å². The summed E-state index contributed by atoms with van der Waals surface area (Å²) in [7, 11) is 7.75. The summed E-state index contributed by atoms with van der Waals surface area (Å²) in [6.45, 7) is 0. The molecule has 5 radical (unpaired) electrons. The molecule has 12 heavy (non-hydrogen) atoms. The Bertz CT molecular complexity index is 23.0. The largest absolute Gasteiger partial charge is 1.00 e. The van der Waals surface area contributed by atoms with E-state index in [1.807, 2.05) is 14.1 Å². The van der Waals surface area contributed by atoms with Gasteiger partial charge in [0.2, 0.25) is 0 Å². The van der Waals surface area contributed by atoms with Crippen LogP contribution in [0, 0.1) is 0 Å². The zero-order valence-electron chi connectivity index (χ0n) is 7.39. The predicted molar refractivity (Wildman–Crippen MR) is 54.7 cm³/mol. The second-order valence-corrected chi connectivity index (χ2v) is 0.500. The monoisotopic (exact) mass is 161 g/mol. The van der Waals surface area contributed by atoms with Crippen LogP contribution in [0.2, 0.25) is 0 Å². The summed E-state index contributed by atoms with van der Waals surface area (Å²) in [6, 6.07) is 0. The summed E-state index contributed by atoms with van der Waals surface area (Å²) in [6.07, 6.45) is 0. The first-order valence-electron chi connectivity index (χ1n) is 1.33. The van der Waals surface area contributed by atoms with E-state index in [4.69, 9.17) is 0 Å². The molecule has 4 nitrogen and oxygen atoms in total. The van der Waals surface area contributed by atoms with Crippen molar-refractivity contribution in [2.75, 3.05) is 14.1 Å². The van der Waals surface area contributed by atoms with Crippen LogP contribution in [0.3, 0.4) is 0 Å². The molecule has 0 unspecified atom stereocenters. The van der Waals surface area contributed by atoms with Gasteiger partial charge in [0.1, 0.15) is 0 Å². The molecule has 8 heteroatoms. The van der Waals surface area contributed by atoms with Crippen LogP contribution in [0.4, 0.5) is 0 Å². The van der Waals surface area contributed by atoms with Crippen molar-refractivity contribution in [3.05, 3.63) is 12.3 Å². The third kappa shape index (κ3) is 850. The molecule has 0 heterocycles. The van der Waals surface area contributed by atoms with Crippen molar-refractivity contribution in [1.82, 2.24) is 5.32 Å². The fourth-order valence-corrected chi connectivity index (χ4v) is 0. The average molecular weight is 161 g/mol. The van der Waals surface area contributed by atoms with Gasteiger partial charge in [-0.05, 0) is 14.1 Å². The third-order valence-electron chi connectivity index (χ3n) is 0. The zero-order chi connectivity index (χ0) is 4.71. The number of nitrogens with two attached hydrogens (primary N) is 3. The van der Waals surface area contributed by atoms with E-state index < -0.39 is 0 Å². The van der Waals surface area contributed by atoms with Gasteiger partial charge < -0.3 is 23.3 Å². The standard InChI is InChI=1S/C2H7N.2CH4.BH2N.B.2Li.2H2N/c1-3-2;;;1-2;;;;;/h3H,1-2H3;2*1H4;2H2;;;;2*1H2/q;;;;;2*+1;2*-1. The number of nitrogens with one attached hydrogen (secondary N) is 1. The van der Waals surface area contributed by atoms with Crippen LogP contribution in [-0.4, -0.2) is 30.5 Å². The van der Waals surface area contributed by atoms with Gasteiger partial charge in [-0.2, -0.15) is 0 Å². The molecule has 0 spiro atoms. The van der Waals surface area contributed by atoms with E-state index >= 15 is 0 Å². The Balaban J connectivity index is -0.00000000138. The maximum Gasteiger partial charge on any atom is 1.00 e. The van der Waals surface area contributed by atoms with Crippen molar-refractivity contribution >= 4 is 16.4 Å². The molecule has 7 N–H and O–H groups in total. The zero-order valence-corrected chi connectivity index (χ0v) is 7.39. The van der Waals surface area contributed by atoms with Gasteiger partial charge in [0.15, 0.2) is 7.98 Å². The van der Waals surface area contributed by atoms with Crippen LogP contribution in [0.1, 0.15) is 14.9 Å². The molecule has 0 saturated carbocycles. The van der Waals surface area contributed by atoms with Crippen LogP contribution < -0.4 is 48.7 Å². The van der Waals surface area contributed by atoms with Crippen molar-refractivity contribution in [3.63, 3.8) is 0 Å². The molecule has 0 rings (SSSR count). The second kappa shape index (κ2) is 324. The molecule has 0 aliphatic carbocycles. The maximum atomic E-state index is 4.00. The smallest absolute Gasteiger partial charge is 0.693 e. The fourth-order valence-electron chi connectivity index (χ4n) is 0. The van der Waals surface area contributed by atoms with E-state index in [2.05, 4.69) is 18.9 Å². The predicted octanol–water partition coefficient (Wildman–Crippen LogP) is -4.80. The summed E-state index contributed by atoms with van der Waals surface area (Å²) in [5, 5.41) is 2.75. The first-order chi connectivity index (χ1) is 2.41. The normalized spacial score (nSPS) is 1.92. The summed E-state index contributed by atoms with van der Waals surface area (Å²) < 4.78 is 0. The van der Waals surface area contributed by atoms with Crippen LogP contribution in [-0.2, 0) is 0 Å². The number of hydrogen-bond acceptors (Lipinski definition) is 2. The second-order valence-electron chi connectivity index (χ2n) is 0.500. The summed E-state index contributed by atoms with van der Waals surface area (Å²) in [5.41, 5.74) is 4.00. The summed E-state index contributed by atoms with van der Waals surface area (Å²) in [5.74, 6) is 0. The van der Waals surface area contributed by atoms with Crippen molar-refractivity contribution in [3.8, 4) is 0 Å². The SMILES string of the molecule is C.C.CNC.[B].[B]N.[Li+].[Li+].[NH2-].[NH2-]. The minimum absolute atomic E-state index is 0. The molecular weight excluding hydrogens is 140 g/mol. The molecule has 65 valence electrons. The van der Waals surface area contributed by atoms with Crippen LogP contribution in [0.5, 0.6) is 0 Å². The molecule has 0 aromatic carbocycles. The Hall–Kier alpha value is 1.16. The molecule has 0 fully saturated rings. The van der Waals surface area contributed by atoms with Gasteiger partial charge >= 0.3 is 37.7 Å². The van der Waals surface area contributed by atoms with Crippen molar-refractivity contribution < 1.29 is 37.7 Å². The Kier molecular flexibility index (Phi) is 3030. The van der Waals surface area contributed by atoms with Gasteiger partial charge in [0.05, 0.1) is 0 Å². The van der Waals surface area contributed by atoms with Gasteiger partial charge in [-0.3, -0.25) is 0 Å². The Morgan fingerprint density at radius 1 is 0.917 bits per heavy atom. The van der Waals surface area contributed by atoms with Gasteiger partial charge in [-0.1, -0.05) is 14.9 Å². The van der Waals surface area contributed by atoms with Crippen molar-refractivity contribution in [2.45, 2.75) is 14.9 Å². The third-order valence-corrected chi connectivity index (χ3v) is 0. The molecule has 0 aliphatic heterocycles. The van der Waals surface area contributed by atoms with E-state index in [9.17, 15) is 0 Å². The molecule has 0 aromatic heterocycles. The molecule has 0 amide bonds. The van der Waals surface area contributed by atoms with E-state index in [-0.39, 0.29) is 73.3 Å². The molecule has 0 aromatic rings. The van der Waals surface area contributed by atoms with Crippen LogP contribution in [0.25, 0.3) is 12.3 Å². The van der Waals surface area contributed by atoms with Gasteiger partial charge in [0.25, 0.3) is 0 Å². The number of hydrogen-bond donors (Lipinski definition) is 2. The summed E-state index contributed by atoms with van der Waals surface area (Å²) in [4.78, 5) is 0. The Labute approximate surface area is 106 Å². The average Bonchev–Trinajstić information content (AvgIpc) is 1.46. The topological polar surface area (TPSA) is 105 Å². The quantitative estimate of drug-likeness (QED) is 0.347. The minimum Gasteiger partial charge on any atom is -0.693 e. The van der Waals surface area contributed by atoms with Crippen molar-refractivity contribution in [2.24, 2.45) is 5.64 Å². The van der Waals surface area contributed by atoms with Crippen molar-refractivity contribution in [1.29, 1.82) is 0 Å². The molecule has 0 atom stereocenters. The number of rotatable bonds is 0. The molecule has 0 aliphatic rings. The Morgan fingerprint density at radius 2 is 0.917 bits per heavy atom. The first kappa shape index (κ1) is 112. The molecule has 0 bridgehead atoms. The molecule has 0 saturated heterocycles. The van der Waals surface area contributed by atoms with Gasteiger partial charge in [-0.15, -0.1) is 0 Å². The van der Waals surface area contributed by atoms with E-state index in [1.165, 1.54) is 0 Å². The van der Waals surface area contributed by atoms with Crippen LogP contribution >= 0.6 is 0 Å². The van der Waals surface area contributed by atoms with E-state index in [1.54, 1.807) is 0 Å². The fraction of sp³-hybridized carbons (Fsp3) is 1.00. The Morgan fingerprint density at radius 3 is 0.917 bits per heavy atom. The maximum absolute atomic E-state index is 4.00. The first-order valence-corrected chi connectivity index (χ1v) is 1.33. The minimum atomic E-state index is 0. The van der Waals surface area contributed by atoms with Crippen LogP contribution in [0.15, 0.2) is 0 Å². The van der Waals surface area contributed by atoms with Gasteiger partial charge in [-0.25, -0.2) is 0 Å².